The lowest BCUT2D eigenvalue weighted by atomic mass is 9.76. The van der Waals surface area contributed by atoms with Gasteiger partial charge in [-0.15, -0.1) is 0 Å². The van der Waals surface area contributed by atoms with Crippen molar-refractivity contribution in [3.05, 3.63) is 59.7 Å². The quantitative estimate of drug-likeness (QED) is 0.503. The van der Waals surface area contributed by atoms with Crippen molar-refractivity contribution < 1.29 is 24.2 Å². The van der Waals surface area contributed by atoms with Crippen molar-refractivity contribution in [1.82, 2.24) is 10.6 Å². The molecule has 0 saturated heterocycles. The molecule has 3 atom stereocenters. The molecule has 7 nitrogen and oxygen atoms in total. The van der Waals surface area contributed by atoms with E-state index < -0.39 is 23.6 Å². The SMILES string of the molecule is CC[C@@H](CC(=O)NC1(C(=O)O)CCCC(C)C1)NC(=O)OCC1c2ccccc2-c2ccccc21. The Labute approximate surface area is 206 Å². The maximum atomic E-state index is 12.8. The lowest BCUT2D eigenvalue weighted by Gasteiger charge is -2.37. The number of hydrogen-bond acceptors (Lipinski definition) is 4. The summed E-state index contributed by atoms with van der Waals surface area (Å²) >= 11 is 0. The summed E-state index contributed by atoms with van der Waals surface area (Å²) in [6, 6.07) is 15.8. The molecule has 0 bridgehead atoms. The summed E-state index contributed by atoms with van der Waals surface area (Å²) in [5.74, 6) is -1.16. The van der Waals surface area contributed by atoms with Gasteiger partial charge in [0, 0.05) is 18.4 Å². The first-order valence-corrected chi connectivity index (χ1v) is 12.5. The third kappa shape index (κ3) is 5.34. The van der Waals surface area contributed by atoms with Gasteiger partial charge in [-0.1, -0.05) is 75.2 Å². The molecule has 7 heteroatoms. The summed E-state index contributed by atoms with van der Waals surface area (Å²) in [7, 11) is 0. The first kappa shape index (κ1) is 24.8. The lowest BCUT2D eigenvalue weighted by Crippen LogP contribution is -2.57. The molecule has 4 rings (SSSR count). The number of amides is 2. The minimum Gasteiger partial charge on any atom is -0.480 e. The zero-order valence-corrected chi connectivity index (χ0v) is 20.4. The second kappa shape index (κ2) is 10.5. The highest BCUT2D eigenvalue weighted by Crippen LogP contribution is 2.44. The summed E-state index contributed by atoms with van der Waals surface area (Å²) in [6.45, 7) is 4.08. The molecule has 35 heavy (non-hydrogen) atoms. The molecule has 2 aromatic carbocycles. The van der Waals surface area contributed by atoms with Gasteiger partial charge in [-0.3, -0.25) is 4.79 Å². The predicted molar refractivity (Wildman–Crippen MR) is 133 cm³/mol. The van der Waals surface area contributed by atoms with Crippen molar-refractivity contribution in [3.63, 3.8) is 0 Å². The van der Waals surface area contributed by atoms with E-state index in [-0.39, 0.29) is 30.8 Å². The summed E-state index contributed by atoms with van der Waals surface area (Å²) in [5.41, 5.74) is 3.35. The number of carboxylic acids is 1. The number of alkyl carbamates (subject to hydrolysis) is 1. The molecule has 0 aromatic heterocycles. The zero-order chi connectivity index (χ0) is 25.0. The van der Waals surface area contributed by atoms with Crippen LogP contribution in [0.3, 0.4) is 0 Å². The Morgan fingerprint density at radius 1 is 1.09 bits per heavy atom. The van der Waals surface area contributed by atoms with Crippen LogP contribution in [0.1, 0.15) is 69.4 Å². The van der Waals surface area contributed by atoms with E-state index in [2.05, 4.69) is 34.9 Å². The van der Waals surface area contributed by atoms with Crippen molar-refractivity contribution in [2.75, 3.05) is 6.61 Å². The molecule has 2 aromatic rings. The third-order valence-electron chi connectivity index (χ3n) is 7.38. The van der Waals surface area contributed by atoms with Gasteiger partial charge in [0.1, 0.15) is 12.1 Å². The number of fused-ring (bicyclic) bond motifs is 3. The van der Waals surface area contributed by atoms with E-state index in [9.17, 15) is 19.5 Å². The molecular weight excluding hydrogens is 444 g/mol. The van der Waals surface area contributed by atoms with Crippen LogP contribution in [0.4, 0.5) is 4.79 Å². The smallest absolute Gasteiger partial charge is 0.407 e. The van der Waals surface area contributed by atoms with Crippen LogP contribution < -0.4 is 10.6 Å². The van der Waals surface area contributed by atoms with Crippen molar-refractivity contribution >= 4 is 18.0 Å². The average molecular weight is 479 g/mol. The van der Waals surface area contributed by atoms with Crippen LogP contribution in [0.25, 0.3) is 11.1 Å². The maximum Gasteiger partial charge on any atom is 0.407 e. The molecule has 0 aliphatic heterocycles. The molecule has 2 aliphatic carbocycles. The molecule has 186 valence electrons. The normalized spacial score (nSPS) is 21.9. The molecule has 3 N–H and O–H groups in total. The summed E-state index contributed by atoms with van der Waals surface area (Å²) in [6.07, 6.45) is 2.53. The Kier molecular flexibility index (Phi) is 7.43. The topological polar surface area (TPSA) is 105 Å². The standard InChI is InChI=1S/C28H34N2O5/c1-3-19(15-25(31)30-28(26(32)33)14-8-9-18(2)16-28)29-27(34)35-17-24-22-12-6-4-10-20(22)21-11-5-7-13-23(21)24/h4-7,10-13,18-19,24H,3,8-9,14-17H2,1-2H3,(H,29,34)(H,30,31)(H,32,33)/t18?,19-,28?/m0/s1. The van der Waals surface area contributed by atoms with E-state index >= 15 is 0 Å². The largest absolute Gasteiger partial charge is 0.480 e. The molecule has 0 radical (unpaired) electrons. The molecule has 1 saturated carbocycles. The van der Waals surface area contributed by atoms with Crippen LogP contribution in [0.15, 0.2) is 48.5 Å². The monoisotopic (exact) mass is 478 g/mol. The van der Waals surface area contributed by atoms with Crippen molar-refractivity contribution in [2.45, 2.75) is 69.9 Å². The molecule has 1 fully saturated rings. The summed E-state index contributed by atoms with van der Waals surface area (Å²) < 4.78 is 5.60. The fourth-order valence-corrected chi connectivity index (χ4v) is 5.56. The molecule has 0 heterocycles. The van der Waals surface area contributed by atoms with Gasteiger partial charge in [-0.2, -0.15) is 0 Å². The van der Waals surface area contributed by atoms with E-state index in [1.807, 2.05) is 38.1 Å². The molecule has 2 aliphatic rings. The van der Waals surface area contributed by atoms with Gasteiger partial charge in [0.25, 0.3) is 0 Å². The van der Waals surface area contributed by atoms with Gasteiger partial charge < -0.3 is 20.5 Å². The van der Waals surface area contributed by atoms with Crippen LogP contribution in [-0.4, -0.2) is 41.3 Å². The van der Waals surface area contributed by atoms with Crippen LogP contribution in [0.2, 0.25) is 0 Å². The lowest BCUT2D eigenvalue weighted by molar-refractivity contribution is -0.150. The van der Waals surface area contributed by atoms with Gasteiger partial charge in [0.2, 0.25) is 5.91 Å². The number of hydrogen-bond donors (Lipinski definition) is 3. The predicted octanol–water partition coefficient (Wildman–Crippen LogP) is 4.84. The van der Waals surface area contributed by atoms with Gasteiger partial charge in [-0.05, 0) is 47.4 Å². The Balaban J connectivity index is 1.34. The number of nitrogens with one attached hydrogen (secondary N) is 2. The van der Waals surface area contributed by atoms with Crippen LogP contribution in [-0.2, 0) is 14.3 Å². The van der Waals surface area contributed by atoms with E-state index in [0.29, 0.717) is 19.3 Å². The molecule has 0 spiro atoms. The highest BCUT2D eigenvalue weighted by molar-refractivity contribution is 5.87. The second-order valence-corrected chi connectivity index (χ2v) is 9.92. The minimum atomic E-state index is -1.23. The number of ether oxygens (including phenoxy) is 1. The van der Waals surface area contributed by atoms with Crippen LogP contribution in [0.5, 0.6) is 0 Å². The van der Waals surface area contributed by atoms with E-state index in [1.165, 1.54) is 0 Å². The summed E-state index contributed by atoms with van der Waals surface area (Å²) in [5, 5.41) is 15.4. The Morgan fingerprint density at radius 2 is 1.71 bits per heavy atom. The van der Waals surface area contributed by atoms with Gasteiger partial charge in [0.15, 0.2) is 0 Å². The first-order chi connectivity index (χ1) is 16.8. The highest BCUT2D eigenvalue weighted by Gasteiger charge is 2.43. The van der Waals surface area contributed by atoms with Gasteiger partial charge >= 0.3 is 12.1 Å². The minimum absolute atomic E-state index is 0.00407. The Morgan fingerprint density at radius 3 is 2.29 bits per heavy atom. The van der Waals surface area contributed by atoms with E-state index in [1.54, 1.807) is 0 Å². The second-order valence-electron chi connectivity index (χ2n) is 9.92. The average Bonchev–Trinajstić information content (AvgIpc) is 3.16. The first-order valence-electron chi connectivity index (χ1n) is 12.5. The fraction of sp³-hybridized carbons (Fsp3) is 0.464. The van der Waals surface area contributed by atoms with E-state index in [0.717, 1.165) is 35.1 Å². The zero-order valence-electron chi connectivity index (χ0n) is 20.4. The maximum absolute atomic E-state index is 12.8. The van der Waals surface area contributed by atoms with E-state index in [4.69, 9.17) is 4.74 Å². The number of carbonyl (C=O) groups excluding carboxylic acids is 2. The van der Waals surface area contributed by atoms with Gasteiger partial charge in [-0.25, -0.2) is 9.59 Å². The third-order valence-corrected chi connectivity index (χ3v) is 7.38. The fourth-order valence-electron chi connectivity index (χ4n) is 5.56. The van der Waals surface area contributed by atoms with Crippen LogP contribution in [0, 0.1) is 5.92 Å². The molecule has 2 unspecified atom stereocenters. The molecule has 2 amide bonds. The Bertz CT molecular complexity index is 1050. The molecular formula is C28H34N2O5. The van der Waals surface area contributed by atoms with Gasteiger partial charge in [0.05, 0.1) is 0 Å². The van der Waals surface area contributed by atoms with Crippen LogP contribution >= 0.6 is 0 Å². The number of aliphatic carboxylic acids is 1. The van der Waals surface area contributed by atoms with Crippen molar-refractivity contribution in [3.8, 4) is 11.1 Å². The highest BCUT2D eigenvalue weighted by atomic mass is 16.5. The Hall–Kier alpha value is -3.35. The number of carbonyl (C=O) groups is 3. The number of benzene rings is 2. The number of rotatable bonds is 8. The number of carboxylic acid groups (broad SMARTS) is 1. The summed E-state index contributed by atoms with van der Waals surface area (Å²) in [4.78, 5) is 37.3. The van der Waals surface area contributed by atoms with Crippen molar-refractivity contribution in [2.24, 2.45) is 5.92 Å². The van der Waals surface area contributed by atoms with Crippen molar-refractivity contribution in [1.29, 1.82) is 0 Å².